The van der Waals surface area contributed by atoms with Gasteiger partial charge in [0.05, 0.1) is 17.4 Å². The van der Waals surface area contributed by atoms with Crippen molar-refractivity contribution in [3.8, 4) is 22.3 Å². The molecule has 0 aliphatic rings. The number of hydrogen-bond donors (Lipinski definition) is 3. The molecule has 1 aromatic carbocycles. The lowest BCUT2D eigenvalue weighted by Gasteiger charge is -2.10. The zero-order chi connectivity index (χ0) is 20.3. The number of nitrogens with two attached hydrogens (primary N) is 1. The van der Waals surface area contributed by atoms with Crippen molar-refractivity contribution < 1.29 is 28.6 Å². The molecule has 0 unspecified atom stereocenters. The van der Waals surface area contributed by atoms with Gasteiger partial charge in [-0.1, -0.05) is 6.07 Å². The van der Waals surface area contributed by atoms with Crippen molar-refractivity contribution in [1.29, 1.82) is 5.26 Å². The number of thiophene rings is 1. The van der Waals surface area contributed by atoms with Crippen molar-refractivity contribution in [3.05, 3.63) is 64.4 Å². The highest BCUT2D eigenvalue weighted by Crippen LogP contribution is 2.30. The largest absolute Gasteiger partial charge is 0.507 e. The van der Waals surface area contributed by atoms with E-state index in [1.165, 1.54) is 17.6 Å². The van der Waals surface area contributed by atoms with Crippen LogP contribution in [0.5, 0.6) is 5.75 Å². The van der Waals surface area contributed by atoms with Gasteiger partial charge in [0.15, 0.2) is 0 Å². The average molecular weight is 397 g/mol. The average Bonchev–Trinajstić information content (AvgIpc) is 3.37. The Bertz CT molecular complexity index is 1110. The van der Waals surface area contributed by atoms with Gasteiger partial charge in [-0.2, -0.15) is 5.26 Å². The number of nitriles is 1. The fourth-order valence-electron chi connectivity index (χ4n) is 2.46. The lowest BCUT2D eigenvalue weighted by molar-refractivity contribution is 0.0374. The maximum Gasteiger partial charge on any atom is 0.382 e. The molecule has 0 spiro atoms. The number of carbonyl (C=O) groups is 3. The number of amides is 1. The minimum Gasteiger partial charge on any atom is -0.507 e. The van der Waals surface area contributed by atoms with Crippen LogP contribution >= 0.6 is 11.3 Å². The Balaban J connectivity index is 1.95. The molecule has 0 saturated carbocycles. The van der Waals surface area contributed by atoms with Gasteiger partial charge in [-0.05, 0) is 29.6 Å². The molecule has 10 heteroatoms. The molecule has 28 heavy (non-hydrogen) atoms. The standard InChI is InChI=1S/C18H11N3O6S/c19-8-11-12(22)4-3-10(14(11)16(23)21-20)17(24)27-18(25)15-9(5-6-26-15)13-2-1-7-28-13/h1-7,22H,20H2,(H,21,23). The number of benzene rings is 1. The summed E-state index contributed by atoms with van der Waals surface area (Å²) in [6, 6.07) is 8.77. The van der Waals surface area contributed by atoms with E-state index in [0.29, 0.717) is 5.56 Å². The molecule has 9 nitrogen and oxygen atoms in total. The number of esters is 2. The summed E-state index contributed by atoms with van der Waals surface area (Å²) in [6.07, 6.45) is 1.28. The number of rotatable bonds is 4. The third kappa shape index (κ3) is 3.35. The van der Waals surface area contributed by atoms with E-state index in [0.717, 1.165) is 17.0 Å². The first-order chi connectivity index (χ1) is 13.5. The van der Waals surface area contributed by atoms with Crippen molar-refractivity contribution in [2.75, 3.05) is 0 Å². The predicted octanol–water partition coefficient (Wildman–Crippen LogP) is 2.19. The van der Waals surface area contributed by atoms with Crippen molar-refractivity contribution in [2.45, 2.75) is 0 Å². The number of phenols is 1. The Kier molecular flexibility index (Phi) is 5.21. The molecule has 4 N–H and O–H groups in total. The van der Waals surface area contributed by atoms with Gasteiger partial charge in [0.25, 0.3) is 5.91 Å². The first kappa shape index (κ1) is 18.8. The summed E-state index contributed by atoms with van der Waals surface area (Å²) in [5.41, 5.74) is 0.798. The van der Waals surface area contributed by atoms with Crippen LogP contribution < -0.4 is 11.3 Å². The van der Waals surface area contributed by atoms with E-state index >= 15 is 0 Å². The van der Waals surface area contributed by atoms with Gasteiger partial charge in [0.2, 0.25) is 5.76 Å². The van der Waals surface area contributed by atoms with Crippen LogP contribution in [0.4, 0.5) is 0 Å². The molecule has 0 radical (unpaired) electrons. The Hall–Kier alpha value is -3.94. The van der Waals surface area contributed by atoms with Crippen LogP contribution in [0.25, 0.3) is 10.4 Å². The molecular formula is C18H11N3O6S. The van der Waals surface area contributed by atoms with Crippen LogP contribution in [0.1, 0.15) is 36.8 Å². The minimum atomic E-state index is -1.21. The molecule has 0 fully saturated rings. The van der Waals surface area contributed by atoms with Crippen LogP contribution in [0.3, 0.4) is 0 Å². The van der Waals surface area contributed by atoms with Gasteiger partial charge in [-0.15, -0.1) is 11.3 Å². The molecule has 140 valence electrons. The van der Waals surface area contributed by atoms with E-state index in [2.05, 4.69) is 0 Å². The fraction of sp³-hybridized carbons (Fsp3) is 0. The van der Waals surface area contributed by atoms with Crippen LogP contribution in [0, 0.1) is 11.3 Å². The van der Waals surface area contributed by atoms with E-state index in [4.69, 9.17) is 20.3 Å². The summed E-state index contributed by atoms with van der Waals surface area (Å²) in [5, 5.41) is 20.7. The Morgan fingerprint density at radius 2 is 2.00 bits per heavy atom. The summed E-state index contributed by atoms with van der Waals surface area (Å²) in [7, 11) is 0. The number of nitrogens with zero attached hydrogens (tertiary/aromatic N) is 1. The van der Waals surface area contributed by atoms with E-state index in [1.807, 2.05) is 0 Å². The number of furan rings is 1. The summed E-state index contributed by atoms with van der Waals surface area (Å²) in [4.78, 5) is 37.6. The summed E-state index contributed by atoms with van der Waals surface area (Å²) >= 11 is 1.36. The molecule has 1 amide bonds. The Morgan fingerprint density at radius 3 is 2.64 bits per heavy atom. The maximum absolute atomic E-state index is 12.5. The summed E-state index contributed by atoms with van der Waals surface area (Å²) < 4.78 is 9.95. The molecule has 2 aromatic heterocycles. The van der Waals surface area contributed by atoms with Crippen molar-refractivity contribution >= 4 is 29.2 Å². The molecular weight excluding hydrogens is 386 g/mol. The van der Waals surface area contributed by atoms with Crippen molar-refractivity contribution in [3.63, 3.8) is 0 Å². The second-order valence-electron chi connectivity index (χ2n) is 5.29. The topological polar surface area (TPSA) is 156 Å². The fourth-order valence-corrected chi connectivity index (χ4v) is 3.21. The lowest BCUT2D eigenvalue weighted by Crippen LogP contribution is -2.32. The number of nitrogens with one attached hydrogen (secondary N) is 1. The van der Waals surface area contributed by atoms with E-state index < -0.39 is 40.3 Å². The van der Waals surface area contributed by atoms with Gasteiger partial charge in [-0.3, -0.25) is 10.2 Å². The number of nitrogen functional groups attached to an aromatic ring is 1. The minimum absolute atomic E-state index is 0.195. The SMILES string of the molecule is N#Cc1c(O)ccc(C(=O)OC(=O)c2occc2-c2cccs2)c1C(=O)NN. The van der Waals surface area contributed by atoms with Gasteiger partial charge in [-0.25, -0.2) is 15.4 Å². The third-order valence-corrected chi connectivity index (χ3v) is 4.60. The first-order valence-electron chi connectivity index (χ1n) is 7.62. The predicted molar refractivity (Wildman–Crippen MR) is 96.2 cm³/mol. The lowest BCUT2D eigenvalue weighted by atomic mass is 10.00. The highest BCUT2D eigenvalue weighted by atomic mass is 32.1. The number of hydrogen-bond acceptors (Lipinski definition) is 9. The van der Waals surface area contributed by atoms with Crippen LogP contribution in [0.2, 0.25) is 0 Å². The molecule has 0 aliphatic heterocycles. The molecule has 2 heterocycles. The third-order valence-electron chi connectivity index (χ3n) is 3.70. The number of phenolic OH excluding ortho intramolecular Hbond substituents is 1. The second-order valence-corrected chi connectivity index (χ2v) is 6.23. The molecule has 3 rings (SSSR count). The van der Waals surface area contributed by atoms with Gasteiger partial charge in [0, 0.05) is 10.4 Å². The van der Waals surface area contributed by atoms with Crippen molar-refractivity contribution in [1.82, 2.24) is 5.43 Å². The number of aromatic hydroxyl groups is 1. The van der Waals surface area contributed by atoms with Crippen LogP contribution in [0.15, 0.2) is 46.4 Å². The highest BCUT2D eigenvalue weighted by molar-refractivity contribution is 7.13. The molecule has 0 atom stereocenters. The zero-order valence-electron chi connectivity index (χ0n) is 14.0. The van der Waals surface area contributed by atoms with E-state index in [-0.39, 0.29) is 5.76 Å². The molecule has 0 bridgehead atoms. The number of hydrazine groups is 1. The highest BCUT2D eigenvalue weighted by Gasteiger charge is 2.28. The van der Waals surface area contributed by atoms with E-state index in [9.17, 15) is 19.5 Å². The van der Waals surface area contributed by atoms with E-state index in [1.54, 1.807) is 35.1 Å². The van der Waals surface area contributed by atoms with Gasteiger partial charge < -0.3 is 14.3 Å². The monoisotopic (exact) mass is 397 g/mol. The molecule has 0 saturated heterocycles. The van der Waals surface area contributed by atoms with Crippen LogP contribution in [-0.4, -0.2) is 23.0 Å². The number of carbonyl (C=O) groups excluding carboxylic acids is 3. The molecule has 3 aromatic rings. The first-order valence-corrected chi connectivity index (χ1v) is 8.50. The summed E-state index contributed by atoms with van der Waals surface area (Å²) in [5.74, 6) is 1.04. The Morgan fingerprint density at radius 1 is 1.21 bits per heavy atom. The zero-order valence-corrected chi connectivity index (χ0v) is 14.8. The van der Waals surface area contributed by atoms with Crippen LogP contribution in [-0.2, 0) is 4.74 Å². The number of ether oxygens (including phenoxy) is 1. The maximum atomic E-state index is 12.5. The summed E-state index contributed by atoms with van der Waals surface area (Å²) in [6.45, 7) is 0. The van der Waals surface area contributed by atoms with Gasteiger partial charge in [0.1, 0.15) is 17.4 Å². The molecule has 0 aliphatic carbocycles. The smallest absolute Gasteiger partial charge is 0.382 e. The quantitative estimate of drug-likeness (QED) is 0.199. The van der Waals surface area contributed by atoms with Crippen molar-refractivity contribution in [2.24, 2.45) is 5.84 Å². The Labute approximate surface area is 161 Å². The van der Waals surface area contributed by atoms with Gasteiger partial charge >= 0.3 is 11.9 Å². The normalized spacial score (nSPS) is 10.1. The second kappa shape index (κ2) is 7.75.